The molecule has 3 nitrogen and oxygen atoms in total. The highest BCUT2D eigenvalue weighted by molar-refractivity contribution is 5.76. The third-order valence-electron chi connectivity index (χ3n) is 3.55. The predicted octanol–water partition coefficient (Wildman–Crippen LogP) is 3.01. The number of nitriles is 1. The minimum absolute atomic E-state index is 0.0263. The molecule has 0 aromatic heterocycles. The lowest BCUT2D eigenvalue weighted by atomic mass is 9.87. The third-order valence-corrected chi connectivity index (χ3v) is 3.55. The van der Waals surface area contributed by atoms with Crippen molar-refractivity contribution in [3.63, 3.8) is 0 Å². The van der Waals surface area contributed by atoms with Gasteiger partial charge in [-0.25, -0.2) is 0 Å². The Morgan fingerprint density at radius 2 is 2.00 bits per heavy atom. The van der Waals surface area contributed by atoms with Crippen LogP contribution in [0.4, 0.5) is 0 Å². The molecule has 0 saturated heterocycles. The Kier molecular flexibility index (Phi) is 4.99. The number of amides is 1. The van der Waals surface area contributed by atoms with Gasteiger partial charge in [-0.05, 0) is 17.8 Å². The molecule has 1 amide bonds. The molecular weight excluding hydrogens is 212 g/mol. The molecule has 1 rings (SSSR count). The summed E-state index contributed by atoms with van der Waals surface area (Å²) in [4.78, 5) is 11.8. The molecule has 3 heteroatoms. The van der Waals surface area contributed by atoms with Crippen molar-refractivity contribution >= 4 is 5.91 Å². The standard InChI is InChI=1S/C14H24N2O/c1-14(2,3)12(10-15)16-13(17)9-8-11-6-4-5-7-11/h11-12H,4-9H2,1-3H3,(H,16,17)/t12-/m0/s1. The summed E-state index contributed by atoms with van der Waals surface area (Å²) in [7, 11) is 0. The lowest BCUT2D eigenvalue weighted by molar-refractivity contribution is -0.122. The van der Waals surface area contributed by atoms with E-state index in [2.05, 4.69) is 11.4 Å². The molecule has 1 saturated carbocycles. The Morgan fingerprint density at radius 3 is 2.47 bits per heavy atom. The number of nitrogens with one attached hydrogen (secondary N) is 1. The minimum Gasteiger partial charge on any atom is -0.340 e. The Morgan fingerprint density at radius 1 is 1.41 bits per heavy atom. The van der Waals surface area contributed by atoms with Crippen molar-refractivity contribution in [2.45, 2.75) is 65.3 Å². The summed E-state index contributed by atoms with van der Waals surface area (Å²) in [6.45, 7) is 5.91. The van der Waals surface area contributed by atoms with E-state index in [-0.39, 0.29) is 11.3 Å². The van der Waals surface area contributed by atoms with E-state index in [1.807, 2.05) is 20.8 Å². The second-order valence-corrected chi connectivity index (χ2v) is 6.18. The molecule has 1 N–H and O–H groups in total. The van der Waals surface area contributed by atoms with Crippen molar-refractivity contribution < 1.29 is 4.79 Å². The molecule has 1 fully saturated rings. The molecule has 0 heterocycles. The van der Waals surface area contributed by atoms with Crippen molar-refractivity contribution in [3.8, 4) is 6.07 Å². The summed E-state index contributed by atoms with van der Waals surface area (Å²) in [5, 5.41) is 11.9. The number of hydrogen-bond acceptors (Lipinski definition) is 2. The molecular formula is C14H24N2O. The maximum absolute atomic E-state index is 11.8. The zero-order chi connectivity index (χ0) is 12.9. The van der Waals surface area contributed by atoms with Gasteiger partial charge in [-0.3, -0.25) is 4.79 Å². The minimum atomic E-state index is -0.390. The monoisotopic (exact) mass is 236 g/mol. The molecule has 0 unspecified atom stereocenters. The zero-order valence-electron chi connectivity index (χ0n) is 11.3. The van der Waals surface area contributed by atoms with Gasteiger partial charge in [0.1, 0.15) is 6.04 Å². The van der Waals surface area contributed by atoms with E-state index in [0.717, 1.165) is 12.3 Å². The average Bonchev–Trinajstić information content (AvgIpc) is 2.74. The van der Waals surface area contributed by atoms with E-state index in [1.165, 1.54) is 25.7 Å². The topological polar surface area (TPSA) is 52.9 Å². The van der Waals surface area contributed by atoms with Gasteiger partial charge in [-0.1, -0.05) is 46.5 Å². The number of rotatable bonds is 4. The second-order valence-electron chi connectivity index (χ2n) is 6.18. The van der Waals surface area contributed by atoms with Gasteiger partial charge < -0.3 is 5.32 Å². The van der Waals surface area contributed by atoms with Crippen LogP contribution >= 0.6 is 0 Å². The zero-order valence-corrected chi connectivity index (χ0v) is 11.3. The fourth-order valence-electron chi connectivity index (χ4n) is 2.31. The Bertz CT molecular complexity index is 292. The van der Waals surface area contributed by atoms with Crippen molar-refractivity contribution in [1.29, 1.82) is 5.26 Å². The van der Waals surface area contributed by atoms with E-state index in [4.69, 9.17) is 5.26 Å². The van der Waals surface area contributed by atoms with Gasteiger partial charge in [-0.15, -0.1) is 0 Å². The van der Waals surface area contributed by atoms with Gasteiger partial charge in [0.15, 0.2) is 0 Å². The number of carbonyl (C=O) groups excluding carboxylic acids is 1. The SMILES string of the molecule is CC(C)(C)[C@H](C#N)NC(=O)CCC1CCCC1. The van der Waals surface area contributed by atoms with Crippen LogP contribution in [0.3, 0.4) is 0 Å². The largest absolute Gasteiger partial charge is 0.340 e. The summed E-state index contributed by atoms with van der Waals surface area (Å²) < 4.78 is 0. The summed E-state index contributed by atoms with van der Waals surface area (Å²) in [5.74, 6) is 0.759. The van der Waals surface area contributed by atoms with E-state index in [0.29, 0.717) is 6.42 Å². The molecule has 96 valence electrons. The molecule has 1 aliphatic carbocycles. The smallest absolute Gasteiger partial charge is 0.221 e. The predicted molar refractivity (Wildman–Crippen MR) is 68.2 cm³/mol. The molecule has 0 radical (unpaired) electrons. The van der Waals surface area contributed by atoms with Crippen LogP contribution in [0.2, 0.25) is 0 Å². The van der Waals surface area contributed by atoms with Crippen LogP contribution in [-0.2, 0) is 4.79 Å². The molecule has 0 aliphatic heterocycles. The number of nitrogens with zero attached hydrogens (tertiary/aromatic N) is 1. The van der Waals surface area contributed by atoms with Crippen LogP contribution in [-0.4, -0.2) is 11.9 Å². The summed E-state index contributed by atoms with van der Waals surface area (Å²) in [5.41, 5.74) is -0.197. The van der Waals surface area contributed by atoms with E-state index in [9.17, 15) is 4.79 Å². The molecule has 0 spiro atoms. The highest BCUT2D eigenvalue weighted by atomic mass is 16.1. The van der Waals surface area contributed by atoms with E-state index in [1.54, 1.807) is 0 Å². The summed E-state index contributed by atoms with van der Waals surface area (Å²) >= 11 is 0. The van der Waals surface area contributed by atoms with Crippen LogP contribution in [0.5, 0.6) is 0 Å². The van der Waals surface area contributed by atoms with Crippen LogP contribution in [0, 0.1) is 22.7 Å². The third kappa shape index (κ3) is 4.77. The highest BCUT2D eigenvalue weighted by Crippen LogP contribution is 2.28. The maximum Gasteiger partial charge on any atom is 0.221 e. The van der Waals surface area contributed by atoms with Gasteiger partial charge in [0.25, 0.3) is 0 Å². The van der Waals surface area contributed by atoms with Crippen LogP contribution in [0.15, 0.2) is 0 Å². The molecule has 0 bridgehead atoms. The summed E-state index contributed by atoms with van der Waals surface area (Å²) in [6.07, 6.45) is 6.72. The Balaban J connectivity index is 2.30. The first-order chi connectivity index (χ1) is 7.93. The molecule has 1 aliphatic rings. The van der Waals surface area contributed by atoms with Gasteiger partial charge in [-0.2, -0.15) is 5.26 Å². The first-order valence-electron chi connectivity index (χ1n) is 6.62. The summed E-state index contributed by atoms with van der Waals surface area (Å²) in [6, 6.07) is 1.78. The average molecular weight is 236 g/mol. The quantitative estimate of drug-likeness (QED) is 0.815. The van der Waals surface area contributed by atoms with Crippen molar-refractivity contribution in [3.05, 3.63) is 0 Å². The molecule has 0 aromatic carbocycles. The van der Waals surface area contributed by atoms with Gasteiger partial charge in [0, 0.05) is 6.42 Å². The van der Waals surface area contributed by atoms with E-state index < -0.39 is 6.04 Å². The molecule has 1 atom stereocenters. The van der Waals surface area contributed by atoms with Crippen molar-refractivity contribution in [1.82, 2.24) is 5.32 Å². The van der Waals surface area contributed by atoms with Crippen LogP contribution in [0.25, 0.3) is 0 Å². The fraction of sp³-hybridized carbons (Fsp3) is 0.857. The maximum atomic E-state index is 11.8. The number of hydrogen-bond donors (Lipinski definition) is 1. The Hall–Kier alpha value is -1.04. The first kappa shape index (κ1) is 14.0. The Labute approximate surface area is 105 Å². The number of carbonyl (C=O) groups is 1. The van der Waals surface area contributed by atoms with Crippen LogP contribution in [0.1, 0.15) is 59.3 Å². The molecule has 17 heavy (non-hydrogen) atoms. The molecule has 0 aromatic rings. The van der Waals surface area contributed by atoms with Gasteiger partial charge in [0.2, 0.25) is 5.91 Å². The van der Waals surface area contributed by atoms with Crippen LogP contribution < -0.4 is 5.32 Å². The van der Waals surface area contributed by atoms with E-state index >= 15 is 0 Å². The van der Waals surface area contributed by atoms with Gasteiger partial charge in [0.05, 0.1) is 6.07 Å². The second kappa shape index (κ2) is 6.05. The lowest BCUT2D eigenvalue weighted by Crippen LogP contribution is -2.42. The normalized spacial score (nSPS) is 18.7. The van der Waals surface area contributed by atoms with Crippen molar-refractivity contribution in [2.24, 2.45) is 11.3 Å². The fourth-order valence-corrected chi connectivity index (χ4v) is 2.31. The lowest BCUT2D eigenvalue weighted by Gasteiger charge is -2.25. The van der Waals surface area contributed by atoms with Gasteiger partial charge >= 0.3 is 0 Å². The first-order valence-corrected chi connectivity index (χ1v) is 6.62. The van der Waals surface area contributed by atoms with Crippen molar-refractivity contribution in [2.75, 3.05) is 0 Å². The highest BCUT2D eigenvalue weighted by Gasteiger charge is 2.26.